The molecule has 2 aromatic rings. The molecule has 3 rings (SSSR count). The Morgan fingerprint density at radius 2 is 1.64 bits per heavy atom. The van der Waals surface area contributed by atoms with Crippen molar-refractivity contribution in [3.63, 3.8) is 0 Å². The highest BCUT2D eigenvalue weighted by Crippen LogP contribution is 2.47. The molecule has 8 heteroatoms. The highest BCUT2D eigenvalue weighted by atomic mass is 32.2. The lowest BCUT2D eigenvalue weighted by molar-refractivity contribution is 0.0705. The summed E-state index contributed by atoms with van der Waals surface area (Å²) in [5.74, 6) is 0.401. The van der Waals surface area contributed by atoms with Gasteiger partial charge in [0.05, 0.1) is 27.4 Å². The number of carbonyl (C=O) groups is 1. The Bertz CT molecular complexity index is 1340. The molecule has 0 bridgehead atoms. The number of allylic oxidation sites excluding steroid dienone is 2. The number of thiophene rings is 1. The molecule has 1 aliphatic rings. The number of aromatic hydroxyl groups is 1. The Balaban J connectivity index is 2.10. The van der Waals surface area contributed by atoms with E-state index >= 15 is 0 Å². The number of aromatic nitrogens is 1. The molecule has 0 spiro atoms. The maximum Gasteiger partial charge on any atom is 0.280 e. The van der Waals surface area contributed by atoms with Crippen molar-refractivity contribution < 1.29 is 14.6 Å². The predicted molar refractivity (Wildman–Crippen MR) is 209 cm³/mol. The van der Waals surface area contributed by atoms with Crippen molar-refractivity contribution in [2.45, 2.75) is 161 Å². The van der Waals surface area contributed by atoms with Crippen LogP contribution in [0.2, 0.25) is 0 Å². The monoisotopic (exact) mass is 702 g/mol. The number of thioether (sulfide) groups is 1. The van der Waals surface area contributed by atoms with Crippen LogP contribution in [0.5, 0.6) is 5.88 Å². The third kappa shape index (κ3) is 10.5. The first kappa shape index (κ1) is 40.0. The van der Waals surface area contributed by atoms with E-state index in [9.17, 15) is 9.90 Å². The van der Waals surface area contributed by atoms with E-state index in [4.69, 9.17) is 17.4 Å². The third-order valence-electron chi connectivity index (χ3n) is 9.80. The van der Waals surface area contributed by atoms with Crippen LogP contribution < -0.4 is 0 Å². The van der Waals surface area contributed by atoms with Gasteiger partial charge in [-0.05, 0) is 50.7 Å². The number of amides is 1. The second-order valence-corrected chi connectivity index (χ2v) is 17.0. The van der Waals surface area contributed by atoms with Crippen LogP contribution in [0.25, 0.3) is 10.6 Å². The van der Waals surface area contributed by atoms with Gasteiger partial charge >= 0.3 is 0 Å². The number of nitrogens with zero attached hydrogens (tertiary/aromatic N) is 2. The van der Waals surface area contributed by atoms with Gasteiger partial charge in [0.25, 0.3) is 5.91 Å². The Hall–Kier alpha value is -1.48. The van der Waals surface area contributed by atoms with Gasteiger partial charge in [0.15, 0.2) is 0 Å². The molecule has 1 N–H and O–H groups in total. The second-order valence-electron chi connectivity index (χ2n) is 13.6. The molecule has 1 aliphatic heterocycles. The van der Waals surface area contributed by atoms with Crippen molar-refractivity contribution in [3.05, 3.63) is 39.1 Å². The fourth-order valence-corrected chi connectivity index (χ4v) is 8.95. The lowest BCUT2D eigenvalue weighted by Crippen LogP contribution is -2.26. The molecule has 0 aromatic carbocycles. The van der Waals surface area contributed by atoms with Gasteiger partial charge in [-0.1, -0.05) is 112 Å². The smallest absolute Gasteiger partial charge is 0.280 e. The van der Waals surface area contributed by atoms with Crippen LogP contribution in [0, 0.1) is 5.92 Å². The predicted octanol–water partition coefficient (Wildman–Crippen LogP) is 12.4. The standard InChI is InChI=1S/C39H62N2O3S3/c1-9-13-15-17-18-20-23-29(22-19-16-14-10-2)26-41-36(32-25-24-30(47-32)28(6)39(7,45)44-8)34-33(38(41)43)35(40-37(34)42)31(21-11-3)46-27(5)12-4/h21,24-25,27-29,43,45H,9-20,22-23,26H2,1-8H3/b31-21-/t27-,28+,29?,39?/m0/s1. The first-order valence-electron chi connectivity index (χ1n) is 18.4. The van der Waals surface area contributed by atoms with Crippen LogP contribution >= 0.6 is 35.7 Å². The van der Waals surface area contributed by atoms with E-state index in [-0.39, 0.29) is 17.7 Å². The summed E-state index contributed by atoms with van der Waals surface area (Å²) in [7, 11) is 1.69. The molecule has 264 valence electrons. The number of hydrogen-bond donors (Lipinski definition) is 2. The summed E-state index contributed by atoms with van der Waals surface area (Å²) in [6.45, 7) is 15.8. The molecule has 0 saturated carbocycles. The molecule has 2 unspecified atom stereocenters. The molecule has 3 heterocycles. The maximum atomic E-state index is 13.9. The summed E-state index contributed by atoms with van der Waals surface area (Å²) >= 11 is 8.21. The van der Waals surface area contributed by atoms with E-state index in [0.717, 1.165) is 46.0 Å². The van der Waals surface area contributed by atoms with Gasteiger partial charge in [-0.3, -0.25) is 4.79 Å². The summed E-state index contributed by atoms with van der Waals surface area (Å²) < 4.78 is 7.79. The molecule has 0 aliphatic carbocycles. The van der Waals surface area contributed by atoms with Gasteiger partial charge in [0, 0.05) is 34.6 Å². The van der Waals surface area contributed by atoms with Crippen molar-refractivity contribution in [1.82, 2.24) is 4.57 Å². The number of hydrogen-bond acceptors (Lipinski definition) is 6. The van der Waals surface area contributed by atoms with Crippen molar-refractivity contribution in [1.29, 1.82) is 0 Å². The molecule has 2 aromatic heterocycles. The summed E-state index contributed by atoms with van der Waals surface area (Å²) in [6.07, 6.45) is 18.8. The second kappa shape index (κ2) is 19.6. The minimum Gasteiger partial charge on any atom is -0.494 e. The van der Waals surface area contributed by atoms with E-state index in [1.165, 1.54) is 64.2 Å². The van der Waals surface area contributed by atoms with Crippen molar-refractivity contribution in [2.75, 3.05) is 7.11 Å². The van der Waals surface area contributed by atoms with Crippen LogP contribution in [0.4, 0.5) is 0 Å². The molecule has 0 saturated heterocycles. The van der Waals surface area contributed by atoms with Crippen LogP contribution in [0.1, 0.15) is 165 Å². The number of thiol groups is 1. The van der Waals surface area contributed by atoms with E-state index < -0.39 is 4.93 Å². The van der Waals surface area contributed by atoms with Gasteiger partial charge in [-0.25, -0.2) is 4.99 Å². The summed E-state index contributed by atoms with van der Waals surface area (Å²) in [4.78, 5) is 21.0. The zero-order valence-electron chi connectivity index (χ0n) is 30.5. The average Bonchev–Trinajstić information content (AvgIpc) is 3.75. The molecule has 47 heavy (non-hydrogen) atoms. The van der Waals surface area contributed by atoms with Crippen LogP contribution in [-0.4, -0.2) is 38.6 Å². The normalized spacial score (nSPS) is 16.7. The van der Waals surface area contributed by atoms with Crippen molar-refractivity contribution >= 4 is 47.3 Å². The zero-order valence-corrected chi connectivity index (χ0v) is 33.0. The zero-order chi connectivity index (χ0) is 34.6. The topological polar surface area (TPSA) is 63.8 Å². The van der Waals surface area contributed by atoms with E-state index in [2.05, 4.69) is 69.3 Å². The van der Waals surface area contributed by atoms with E-state index in [1.807, 2.05) is 6.92 Å². The number of methoxy groups -OCH3 is 1. The van der Waals surface area contributed by atoms with E-state index in [0.29, 0.717) is 34.6 Å². The van der Waals surface area contributed by atoms with Crippen LogP contribution in [-0.2, 0) is 11.3 Å². The van der Waals surface area contributed by atoms with Crippen molar-refractivity contribution in [3.8, 4) is 16.5 Å². The molecule has 5 nitrogen and oxygen atoms in total. The number of ether oxygens (including phenoxy) is 1. The first-order valence-corrected chi connectivity index (χ1v) is 20.5. The fourth-order valence-electron chi connectivity index (χ4n) is 6.36. The molecular formula is C39H62N2O3S3. The van der Waals surface area contributed by atoms with Crippen molar-refractivity contribution in [2.24, 2.45) is 10.9 Å². The van der Waals surface area contributed by atoms with Gasteiger partial charge in [-0.15, -0.1) is 35.7 Å². The Kier molecular flexibility index (Phi) is 16.7. The Morgan fingerprint density at radius 3 is 2.23 bits per heavy atom. The summed E-state index contributed by atoms with van der Waals surface area (Å²) in [5.41, 5.74) is 2.62. The minimum absolute atomic E-state index is 0.0344. The van der Waals surface area contributed by atoms with Gasteiger partial charge < -0.3 is 14.4 Å². The minimum atomic E-state index is -0.631. The van der Waals surface area contributed by atoms with E-state index in [1.54, 1.807) is 30.2 Å². The maximum absolute atomic E-state index is 13.9. The molecular weight excluding hydrogens is 641 g/mol. The SMILES string of the molecule is CC/C=C(\S[C@@H](C)CC)C1=NC(=O)c2c1c(O)n(CC(CCCCCC)CCCCCCCC)c2-c1ccc([C@@H](C)C(C)(S)OC)s1. The van der Waals surface area contributed by atoms with Gasteiger partial charge in [0.2, 0.25) is 5.88 Å². The Morgan fingerprint density at radius 1 is 1.02 bits per heavy atom. The quantitative estimate of drug-likeness (QED) is 0.0687. The molecule has 0 fully saturated rings. The number of unbranched alkanes of at least 4 members (excludes halogenated alkanes) is 8. The number of rotatable bonds is 23. The molecule has 1 amide bonds. The highest BCUT2D eigenvalue weighted by Gasteiger charge is 2.38. The fraction of sp³-hybridized carbons (Fsp3) is 0.692. The lowest BCUT2D eigenvalue weighted by atomic mass is 9.94. The summed E-state index contributed by atoms with van der Waals surface area (Å²) in [5, 5.41) is 12.5. The first-order chi connectivity index (χ1) is 22.5. The molecule has 0 radical (unpaired) electrons. The number of fused-ring (bicyclic) bond motifs is 1. The number of carbonyl (C=O) groups excluding carboxylic acids is 1. The van der Waals surface area contributed by atoms with Crippen LogP contribution in [0.3, 0.4) is 0 Å². The number of aliphatic imine (C=N–C) groups is 1. The lowest BCUT2D eigenvalue weighted by Gasteiger charge is -2.28. The average molecular weight is 703 g/mol. The van der Waals surface area contributed by atoms with Gasteiger partial charge in [0.1, 0.15) is 4.93 Å². The highest BCUT2D eigenvalue weighted by molar-refractivity contribution is 8.04. The van der Waals surface area contributed by atoms with Crippen LogP contribution in [0.15, 0.2) is 28.1 Å². The molecule has 4 atom stereocenters. The summed E-state index contributed by atoms with van der Waals surface area (Å²) in [6, 6.07) is 4.23. The largest absolute Gasteiger partial charge is 0.494 e. The third-order valence-corrected chi connectivity index (χ3v) is 13.0. The van der Waals surface area contributed by atoms with Gasteiger partial charge in [-0.2, -0.15) is 0 Å². The Labute approximate surface area is 299 Å².